The van der Waals surface area contributed by atoms with Gasteiger partial charge < -0.3 is 15.4 Å². The van der Waals surface area contributed by atoms with Crippen LogP contribution in [-0.4, -0.2) is 42.4 Å². The van der Waals surface area contributed by atoms with Gasteiger partial charge in [-0.25, -0.2) is 4.79 Å². The summed E-state index contributed by atoms with van der Waals surface area (Å²) in [5, 5.41) is 5.38. The first-order valence-electron chi connectivity index (χ1n) is 9.46. The third-order valence-corrected chi connectivity index (χ3v) is 5.06. The number of hydrogen-bond donors (Lipinski definition) is 2. The molecule has 2 atom stereocenters. The normalized spacial score (nSPS) is 19.2. The molecule has 0 radical (unpaired) electrons. The van der Waals surface area contributed by atoms with E-state index in [0.29, 0.717) is 11.1 Å². The topological polar surface area (TPSA) is 105 Å². The minimum absolute atomic E-state index is 0.0753. The fourth-order valence-corrected chi connectivity index (χ4v) is 3.38. The van der Waals surface area contributed by atoms with Gasteiger partial charge >= 0.3 is 12.0 Å². The smallest absolute Gasteiger partial charge is 0.325 e. The summed E-state index contributed by atoms with van der Waals surface area (Å²) in [7, 11) is 1.27. The molecule has 0 spiro atoms. The van der Waals surface area contributed by atoms with Crippen LogP contribution in [0.15, 0.2) is 60.7 Å². The number of amides is 4. The third kappa shape index (κ3) is 4.32. The molecule has 2 aromatic carbocycles. The summed E-state index contributed by atoms with van der Waals surface area (Å²) < 4.78 is 4.71. The minimum Gasteiger partial charge on any atom is -0.469 e. The summed E-state index contributed by atoms with van der Waals surface area (Å²) in [6, 6.07) is 16.5. The Bertz CT molecular complexity index is 948. The van der Waals surface area contributed by atoms with Crippen molar-refractivity contribution in [1.29, 1.82) is 0 Å². The van der Waals surface area contributed by atoms with Gasteiger partial charge in [-0.2, -0.15) is 0 Å². The predicted molar refractivity (Wildman–Crippen MR) is 108 cm³/mol. The zero-order valence-corrected chi connectivity index (χ0v) is 16.8. The zero-order chi connectivity index (χ0) is 21.7. The van der Waals surface area contributed by atoms with Crippen molar-refractivity contribution in [3.8, 4) is 0 Å². The largest absolute Gasteiger partial charge is 0.469 e. The third-order valence-electron chi connectivity index (χ3n) is 5.06. The fraction of sp³-hybridized carbons (Fsp3) is 0.273. The van der Waals surface area contributed by atoms with Gasteiger partial charge in [0.2, 0.25) is 5.91 Å². The van der Waals surface area contributed by atoms with E-state index >= 15 is 0 Å². The zero-order valence-electron chi connectivity index (χ0n) is 16.8. The molecule has 156 valence electrons. The first-order valence-corrected chi connectivity index (χ1v) is 9.46. The number of carbonyl (C=O) groups is 4. The first kappa shape index (κ1) is 21.0. The molecule has 8 nitrogen and oxygen atoms in total. The average molecular weight is 409 g/mol. The second-order valence-corrected chi connectivity index (χ2v) is 7.12. The van der Waals surface area contributed by atoms with Gasteiger partial charge in [-0.05, 0) is 18.1 Å². The molecule has 0 bridgehead atoms. The molecular weight excluding hydrogens is 386 g/mol. The van der Waals surface area contributed by atoms with E-state index in [-0.39, 0.29) is 6.42 Å². The van der Waals surface area contributed by atoms with Gasteiger partial charge in [0.25, 0.3) is 5.91 Å². The molecule has 0 aliphatic carbocycles. The molecule has 2 unspecified atom stereocenters. The van der Waals surface area contributed by atoms with Crippen molar-refractivity contribution in [2.45, 2.75) is 24.9 Å². The van der Waals surface area contributed by atoms with Crippen LogP contribution >= 0.6 is 0 Å². The van der Waals surface area contributed by atoms with E-state index < -0.39 is 41.9 Å². The van der Waals surface area contributed by atoms with Crippen molar-refractivity contribution < 1.29 is 23.9 Å². The van der Waals surface area contributed by atoms with Gasteiger partial charge in [-0.15, -0.1) is 0 Å². The van der Waals surface area contributed by atoms with Gasteiger partial charge in [0, 0.05) is 0 Å². The van der Waals surface area contributed by atoms with Crippen LogP contribution in [0.3, 0.4) is 0 Å². The Hall–Kier alpha value is -3.68. The van der Waals surface area contributed by atoms with Crippen LogP contribution in [0.2, 0.25) is 0 Å². The molecule has 1 aliphatic heterocycles. The standard InChI is InChI=1S/C22H23N3O5/c1-22(16-11-7-4-8-12-16)20(28)25(21(29)24-22)14-18(26)23-17(13-19(27)30-2)15-9-5-3-6-10-15/h3-12,17H,13-14H2,1-2H3,(H,23,26)(H,24,29). The second kappa shape index (κ2) is 8.77. The van der Waals surface area contributed by atoms with Crippen molar-refractivity contribution in [1.82, 2.24) is 15.5 Å². The first-order chi connectivity index (χ1) is 14.3. The molecular formula is C22H23N3O5. The number of nitrogens with one attached hydrogen (secondary N) is 2. The lowest BCUT2D eigenvalue weighted by molar-refractivity contribution is -0.141. The Kier molecular flexibility index (Phi) is 6.15. The van der Waals surface area contributed by atoms with Gasteiger partial charge in [0.05, 0.1) is 19.6 Å². The van der Waals surface area contributed by atoms with Crippen molar-refractivity contribution in [2.24, 2.45) is 0 Å². The molecule has 1 aliphatic rings. The van der Waals surface area contributed by atoms with Gasteiger partial charge in [-0.3, -0.25) is 19.3 Å². The van der Waals surface area contributed by atoms with Crippen LogP contribution in [0.25, 0.3) is 0 Å². The highest BCUT2D eigenvalue weighted by Crippen LogP contribution is 2.28. The van der Waals surface area contributed by atoms with Crippen molar-refractivity contribution in [3.05, 3.63) is 71.8 Å². The summed E-state index contributed by atoms with van der Waals surface area (Å²) in [5.74, 6) is -1.57. The molecule has 0 saturated carbocycles. The van der Waals surface area contributed by atoms with E-state index in [4.69, 9.17) is 4.74 Å². The summed E-state index contributed by atoms with van der Waals surface area (Å²) in [4.78, 5) is 50.7. The number of carbonyl (C=O) groups excluding carboxylic acids is 4. The van der Waals surface area contributed by atoms with Crippen LogP contribution in [0.4, 0.5) is 4.79 Å². The van der Waals surface area contributed by atoms with Gasteiger partial charge in [-0.1, -0.05) is 60.7 Å². The highest BCUT2D eigenvalue weighted by molar-refractivity contribution is 6.09. The Morgan fingerprint density at radius 3 is 2.27 bits per heavy atom. The maximum atomic E-state index is 12.9. The molecule has 30 heavy (non-hydrogen) atoms. The van der Waals surface area contributed by atoms with Gasteiger partial charge in [0.1, 0.15) is 12.1 Å². The number of nitrogens with zero attached hydrogens (tertiary/aromatic N) is 1. The van der Waals surface area contributed by atoms with Crippen molar-refractivity contribution >= 4 is 23.8 Å². The molecule has 4 amide bonds. The minimum atomic E-state index is -1.25. The Morgan fingerprint density at radius 2 is 1.67 bits per heavy atom. The maximum absolute atomic E-state index is 12.9. The number of esters is 1. The molecule has 1 fully saturated rings. The van der Waals surface area contributed by atoms with Crippen molar-refractivity contribution in [3.63, 3.8) is 0 Å². The highest BCUT2D eigenvalue weighted by Gasteiger charge is 2.49. The Labute approximate surface area is 174 Å². The summed E-state index contributed by atoms with van der Waals surface area (Å²) in [5.41, 5.74) is 0.0883. The molecule has 1 saturated heterocycles. The van der Waals surface area contributed by atoms with E-state index in [9.17, 15) is 19.2 Å². The summed E-state index contributed by atoms with van der Waals surface area (Å²) in [6.07, 6.45) is -0.0753. The lowest BCUT2D eigenvalue weighted by Crippen LogP contribution is -2.44. The lowest BCUT2D eigenvalue weighted by atomic mass is 9.92. The van der Waals surface area contributed by atoms with E-state index in [0.717, 1.165) is 4.90 Å². The molecule has 2 N–H and O–H groups in total. The second-order valence-electron chi connectivity index (χ2n) is 7.12. The number of urea groups is 1. The number of ether oxygens (including phenoxy) is 1. The van der Waals surface area contributed by atoms with Gasteiger partial charge in [0.15, 0.2) is 0 Å². The number of methoxy groups -OCH3 is 1. The van der Waals surface area contributed by atoms with E-state index in [1.54, 1.807) is 55.5 Å². The lowest BCUT2D eigenvalue weighted by Gasteiger charge is -2.23. The van der Waals surface area contributed by atoms with Crippen LogP contribution < -0.4 is 10.6 Å². The Morgan fingerprint density at radius 1 is 1.07 bits per heavy atom. The average Bonchev–Trinajstić information content (AvgIpc) is 2.98. The van der Waals surface area contributed by atoms with Crippen LogP contribution in [0.5, 0.6) is 0 Å². The molecule has 3 rings (SSSR count). The Balaban J connectivity index is 1.73. The molecule has 1 heterocycles. The maximum Gasteiger partial charge on any atom is 0.325 e. The quantitative estimate of drug-likeness (QED) is 0.537. The predicted octanol–water partition coefficient (Wildman–Crippen LogP) is 1.87. The highest BCUT2D eigenvalue weighted by atomic mass is 16.5. The SMILES string of the molecule is COC(=O)CC(NC(=O)CN1C(=O)NC(C)(c2ccccc2)C1=O)c1ccccc1. The molecule has 2 aromatic rings. The number of imide groups is 1. The number of rotatable bonds is 7. The number of benzene rings is 2. The monoisotopic (exact) mass is 409 g/mol. The summed E-state index contributed by atoms with van der Waals surface area (Å²) >= 11 is 0. The van der Waals surface area contributed by atoms with E-state index in [1.165, 1.54) is 7.11 Å². The van der Waals surface area contributed by atoms with Crippen LogP contribution in [-0.2, 0) is 24.7 Å². The molecule has 0 aromatic heterocycles. The number of hydrogen-bond acceptors (Lipinski definition) is 5. The summed E-state index contributed by atoms with van der Waals surface area (Å²) in [6.45, 7) is 1.14. The van der Waals surface area contributed by atoms with Crippen molar-refractivity contribution in [2.75, 3.05) is 13.7 Å². The van der Waals surface area contributed by atoms with Crippen LogP contribution in [0.1, 0.15) is 30.5 Å². The van der Waals surface area contributed by atoms with E-state index in [1.807, 2.05) is 12.1 Å². The fourth-order valence-electron chi connectivity index (χ4n) is 3.38. The van der Waals surface area contributed by atoms with Crippen LogP contribution in [0, 0.1) is 0 Å². The van der Waals surface area contributed by atoms with E-state index in [2.05, 4.69) is 10.6 Å². The molecule has 8 heteroatoms.